The fraction of sp³-hybridized carbons (Fsp3) is 0.0667. The first kappa shape index (κ1) is 13.2. The van der Waals surface area contributed by atoms with Gasteiger partial charge in [-0.15, -0.1) is 0 Å². The molecule has 0 unspecified atom stereocenters. The molecule has 0 saturated carbocycles. The van der Waals surface area contributed by atoms with Gasteiger partial charge in [-0.3, -0.25) is 4.79 Å². The van der Waals surface area contributed by atoms with E-state index in [1.165, 1.54) is 0 Å². The minimum absolute atomic E-state index is 0.0936. The van der Waals surface area contributed by atoms with E-state index in [4.69, 9.17) is 4.42 Å². The maximum atomic E-state index is 13.1. The number of aromatic nitrogens is 1. The van der Waals surface area contributed by atoms with Gasteiger partial charge in [0.2, 0.25) is 0 Å². The molecule has 0 aliphatic heterocycles. The SMILES string of the molecule is Cc1nc2cc(NC(=O)c3cc(F)cc(F)c3)ccc2o1. The maximum Gasteiger partial charge on any atom is 0.255 e. The number of anilines is 1. The topological polar surface area (TPSA) is 55.1 Å². The number of halogens is 2. The lowest BCUT2D eigenvalue weighted by Gasteiger charge is -2.05. The molecule has 3 aromatic rings. The maximum absolute atomic E-state index is 13.1. The Balaban J connectivity index is 1.88. The van der Waals surface area contributed by atoms with Crippen LogP contribution in [0.4, 0.5) is 14.5 Å². The standard InChI is InChI=1S/C15H10F2N2O2/c1-8-18-13-7-12(2-3-14(13)21-8)19-15(20)9-4-10(16)6-11(17)5-9/h2-7H,1H3,(H,19,20). The zero-order valence-corrected chi connectivity index (χ0v) is 11.0. The van der Waals surface area contributed by atoms with Gasteiger partial charge in [0.05, 0.1) is 0 Å². The van der Waals surface area contributed by atoms with Gasteiger partial charge in [0.1, 0.15) is 17.2 Å². The molecule has 3 rings (SSSR count). The van der Waals surface area contributed by atoms with Crippen LogP contribution in [-0.4, -0.2) is 10.9 Å². The Bertz CT molecular complexity index is 823. The molecule has 0 fully saturated rings. The Morgan fingerprint density at radius 3 is 2.57 bits per heavy atom. The molecule has 1 N–H and O–H groups in total. The molecule has 0 bridgehead atoms. The highest BCUT2D eigenvalue weighted by Gasteiger charge is 2.11. The van der Waals surface area contributed by atoms with Gasteiger partial charge >= 0.3 is 0 Å². The Kier molecular flexibility index (Phi) is 3.13. The third-order valence-electron chi connectivity index (χ3n) is 2.88. The van der Waals surface area contributed by atoms with Crippen molar-refractivity contribution < 1.29 is 18.0 Å². The fourth-order valence-corrected chi connectivity index (χ4v) is 2.01. The molecule has 0 atom stereocenters. The van der Waals surface area contributed by atoms with E-state index >= 15 is 0 Å². The summed E-state index contributed by atoms with van der Waals surface area (Å²) in [7, 11) is 0. The zero-order valence-electron chi connectivity index (χ0n) is 11.0. The number of hydrogen-bond donors (Lipinski definition) is 1. The average Bonchev–Trinajstić information content (AvgIpc) is 2.77. The number of carbonyl (C=O) groups is 1. The van der Waals surface area contributed by atoms with Crippen molar-refractivity contribution in [2.45, 2.75) is 6.92 Å². The predicted molar refractivity (Wildman–Crippen MR) is 73.1 cm³/mol. The smallest absolute Gasteiger partial charge is 0.255 e. The molecule has 106 valence electrons. The summed E-state index contributed by atoms with van der Waals surface area (Å²) in [6.07, 6.45) is 0. The van der Waals surface area contributed by atoms with Crippen molar-refractivity contribution in [2.75, 3.05) is 5.32 Å². The molecule has 0 aliphatic rings. The quantitative estimate of drug-likeness (QED) is 0.782. The summed E-state index contributed by atoms with van der Waals surface area (Å²) in [6, 6.07) is 7.56. The van der Waals surface area contributed by atoms with E-state index in [0.29, 0.717) is 28.7 Å². The summed E-state index contributed by atoms with van der Waals surface area (Å²) in [5, 5.41) is 2.56. The zero-order chi connectivity index (χ0) is 15.0. The Morgan fingerprint density at radius 2 is 1.86 bits per heavy atom. The van der Waals surface area contributed by atoms with Crippen LogP contribution in [0.5, 0.6) is 0 Å². The first-order valence-electron chi connectivity index (χ1n) is 6.16. The van der Waals surface area contributed by atoms with E-state index in [1.807, 2.05) is 0 Å². The normalized spacial score (nSPS) is 10.8. The van der Waals surface area contributed by atoms with Crippen LogP contribution in [0.15, 0.2) is 40.8 Å². The minimum atomic E-state index is -0.803. The van der Waals surface area contributed by atoms with Gasteiger partial charge in [0, 0.05) is 24.2 Å². The average molecular weight is 288 g/mol. The molecular weight excluding hydrogens is 278 g/mol. The fourth-order valence-electron chi connectivity index (χ4n) is 2.01. The van der Waals surface area contributed by atoms with Gasteiger partial charge in [0.15, 0.2) is 11.5 Å². The van der Waals surface area contributed by atoms with Crippen molar-refractivity contribution in [1.29, 1.82) is 0 Å². The molecule has 1 amide bonds. The largest absolute Gasteiger partial charge is 0.441 e. The van der Waals surface area contributed by atoms with Gasteiger partial charge in [0.25, 0.3) is 5.91 Å². The molecule has 0 radical (unpaired) electrons. The van der Waals surface area contributed by atoms with E-state index in [0.717, 1.165) is 12.1 Å². The van der Waals surface area contributed by atoms with Gasteiger partial charge < -0.3 is 9.73 Å². The molecule has 6 heteroatoms. The van der Waals surface area contributed by atoms with Gasteiger partial charge in [-0.05, 0) is 30.3 Å². The molecule has 0 spiro atoms. The lowest BCUT2D eigenvalue weighted by molar-refractivity contribution is 0.102. The summed E-state index contributed by atoms with van der Waals surface area (Å²) >= 11 is 0. The highest BCUT2D eigenvalue weighted by atomic mass is 19.1. The summed E-state index contributed by atoms with van der Waals surface area (Å²) in [5.41, 5.74) is 1.56. The molecule has 21 heavy (non-hydrogen) atoms. The molecule has 2 aromatic carbocycles. The summed E-state index contributed by atoms with van der Waals surface area (Å²) in [4.78, 5) is 16.1. The summed E-state index contributed by atoms with van der Waals surface area (Å²) < 4.78 is 31.5. The molecular formula is C15H10F2N2O2. The van der Waals surface area contributed by atoms with Crippen LogP contribution in [0, 0.1) is 18.6 Å². The van der Waals surface area contributed by atoms with E-state index in [1.54, 1.807) is 25.1 Å². The minimum Gasteiger partial charge on any atom is -0.441 e. The Morgan fingerprint density at radius 1 is 1.14 bits per heavy atom. The molecule has 0 saturated heterocycles. The third-order valence-corrected chi connectivity index (χ3v) is 2.88. The highest BCUT2D eigenvalue weighted by Crippen LogP contribution is 2.20. The van der Waals surface area contributed by atoms with Gasteiger partial charge in [-0.1, -0.05) is 0 Å². The number of benzene rings is 2. The van der Waals surface area contributed by atoms with E-state index < -0.39 is 17.5 Å². The number of rotatable bonds is 2. The van der Waals surface area contributed by atoms with E-state index in [-0.39, 0.29) is 5.56 Å². The second-order valence-electron chi connectivity index (χ2n) is 4.53. The predicted octanol–water partition coefficient (Wildman–Crippen LogP) is 3.67. The highest BCUT2D eigenvalue weighted by molar-refractivity contribution is 6.04. The van der Waals surface area contributed by atoms with Crippen molar-refractivity contribution in [2.24, 2.45) is 0 Å². The van der Waals surface area contributed by atoms with Crippen molar-refractivity contribution >= 4 is 22.7 Å². The molecule has 4 nitrogen and oxygen atoms in total. The van der Waals surface area contributed by atoms with E-state index in [2.05, 4.69) is 10.3 Å². The van der Waals surface area contributed by atoms with Crippen molar-refractivity contribution in [3.63, 3.8) is 0 Å². The summed E-state index contributed by atoms with van der Waals surface area (Å²) in [5.74, 6) is -1.70. The number of nitrogens with zero attached hydrogens (tertiary/aromatic N) is 1. The number of carbonyl (C=O) groups excluding carboxylic acids is 1. The second-order valence-corrected chi connectivity index (χ2v) is 4.53. The molecule has 1 heterocycles. The number of oxazole rings is 1. The van der Waals surface area contributed by atoms with Crippen LogP contribution in [0.2, 0.25) is 0 Å². The third kappa shape index (κ3) is 2.74. The van der Waals surface area contributed by atoms with Crippen LogP contribution < -0.4 is 5.32 Å². The molecule has 0 aliphatic carbocycles. The van der Waals surface area contributed by atoms with Gasteiger partial charge in [-0.25, -0.2) is 13.8 Å². The van der Waals surface area contributed by atoms with Crippen LogP contribution in [-0.2, 0) is 0 Å². The lowest BCUT2D eigenvalue weighted by atomic mass is 10.2. The number of fused-ring (bicyclic) bond motifs is 1. The molecule has 1 aromatic heterocycles. The summed E-state index contributed by atoms with van der Waals surface area (Å²) in [6.45, 7) is 1.72. The van der Waals surface area contributed by atoms with Crippen LogP contribution in [0.25, 0.3) is 11.1 Å². The number of hydrogen-bond acceptors (Lipinski definition) is 3. The number of amides is 1. The Hall–Kier alpha value is -2.76. The van der Waals surface area contributed by atoms with Crippen LogP contribution >= 0.6 is 0 Å². The van der Waals surface area contributed by atoms with Crippen molar-refractivity contribution in [1.82, 2.24) is 4.98 Å². The lowest BCUT2D eigenvalue weighted by Crippen LogP contribution is -2.12. The number of nitrogens with one attached hydrogen (secondary N) is 1. The van der Waals surface area contributed by atoms with E-state index in [9.17, 15) is 13.6 Å². The second kappa shape index (κ2) is 4.97. The monoisotopic (exact) mass is 288 g/mol. The van der Waals surface area contributed by atoms with Crippen LogP contribution in [0.1, 0.15) is 16.2 Å². The first-order chi connectivity index (χ1) is 10.0. The van der Waals surface area contributed by atoms with Crippen molar-refractivity contribution in [3.8, 4) is 0 Å². The Labute approximate surface area is 118 Å². The van der Waals surface area contributed by atoms with Crippen LogP contribution in [0.3, 0.4) is 0 Å². The van der Waals surface area contributed by atoms with Gasteiger partial charge in [-0.2, -0.15) is 0 Å². The first-order valence-corrected chi connectivity index (χ1v) is 6.16. The number of aryl methyl sites for hydroxylation is 1. The van der Waals surface area contributed by atoms with Crippen molar-refractivity contribution in [3.05, 3.63) is 59.5 Å².